The molecular formula is C36H40ClN3O6S. The molecule has 47 heavy (non-hydrogen) atoms. The highest BCUT2D eigenvalue weighted by molar-refractivity contribution is 7.92. The molecule has 0 heterocycles. The van der Waals surface area contributed by atoms with E-state index in [1.54, 1.807) is 48.5 Å². The maximum atomic E-state index is 14.6. The largest absolute Gasteiger partial charge is 0.497 e. The zero-order chi connectivity index (χ0) is 34.1. The standard InChI is InChI=1S/C36H40ClN3O6S/c1-25(2)38-36(42)33(21-27-9-7-6-8-10-27)39(23-28-13-15-29(37)16-14-28)35(41)24-40(32-22-30(45-4)17-20-34(32)46-5)47(43,44)31-18-11-26(3)12-19-31/h6-20,22,25,33H,21,23-24H2,1-5H3,(H,38,42). The molecule has 0 spiro atoms. The average molecular weight is 678 g/mol. The molecule has 0 aliphatic heterocycles. The monoisotopic (exact) mass is 677 g/mol. The predicted octanol–water partition coefficient (Wildman–Crippen LogP) is 6.03. The molecule has 0 fully saturated rings. The first kappa shape index (κ1) is 35.3. The van der Waals surface area contributed by atoms with Crippen LogP contribution in [-0.4, -0.2) is 58.0 Å². The first-order valence-corrected chi connectivity index (χ1v) is 16.9. The van der Waals surface area contributed by atoms with E-state index in [0.717, 1.165) is 15.4 Å². The maximum absolute atomic E-state index is 14.6. The van der Waals surface area contributed by atoms with Gasteiger partial charge in [-0.15, -0.1) is 0 Å². The summed E-state index contributed by atoms with van der Waals surface area (Å²) in [7, 11) is -1.44. The topological polar surface area (TPSA) is 105 Å². The van der Waals surface area contributed by atoms with Crippen LogP contribution in [0.15, 0.2) is 102 Å². The van der Waals surface area contributed by atoms with Crippen molar-refractivity contribution in [3.05, 3.63) is 119 Å². The summed E-state index contributed by atoms with van der Waals surface area (Å²) < 4.78 is 40.7. The highest BCUT2D eigenvalue weighted by atomic mass is 35.5. The fourth-order valence-electron chi connectivity index (χ4n) is 5.06. The summed E-state index contributed by atoms with van der Waals surface area (Å²) in [6.45, 7) is 4.92. The van der Waals surface area contributed by atoms with Crippen molar-refractivity contribution in [1.82, 2.24) is 10.2 Å². The van der Waals surface area contributed by atoms with Gasteiger partial charge in [0.2, 0.25) is 11.8 Å². The number of anilines is 1. The number of hydrogen-bond acceptors (Lipinski definition) is 6. The van der Waals surface area contributed by atoms with Crippen molar-refractivity contribution >= 4 is 39.1 Å². The molecule has 0 aliphatic carbocycles. The van der Waals surface area contributed by atoms with Crippen LogP contribution in [0, 0.1) is 6.92 Å². The number of carbonyl (C=O) groups is 2. The van der Waals surface area contributed by atoms with Crippen LogP contribution >= 0.6 is 11.6 Å². The number of sulfonamides is 1. The summed E-state index contributed by atoms with van der Waals surface area (Å²) in [5, 5.41) is 3.47. The van der Waals surface area contributed by atoms with Gasteiger partial charge in [-0.05, 0) is 68.3 Å². The van der Waals surface area contributed by atoms with Crippen molar-refractivity contribution < 1.29 is 27.5 Å². The van der Waals surface area contributed by atoms with Crippen molar-refractivity contribution in [3.8, 4) is 11.5 Å². The summed E-state index contributed by atoms with van der Waals surface area (Å²) in [5.41, 5.74) is 2.53. The first-order valence-electron chi connectivity index (χ1n) is 15.1. The van der Waals surface area contributed by atoms with Gasteiger partial charge in [0.05, 0.1) is 24.8 Å². The minimum Gasteiger partial charge on any atom is -0.497 e. The van der Waals surface area contributed by atoms with E-state index in [9.17, 15) is 18.0 Å². The Kier molecular flexibility index (Phi) is 11.9. The number of rotatable bonds is 14. The van der Waals surface area contributed by atoms with E-state index >= 15 is 0 Å². The zero-order valence-electron chi connectivity index (χ0n) is 27.1. The third-order valence-electron chi connectivity index (χ3n) is 7.51. The van der Waals surface area contributed by atoms with E-state index in [4.69, 9.17) is 21.1 Å². The number of halogens is 1. The number of benzene rings is 4. The fraction of sp³-hybridized carbons (Fsp3) is 0.278. The molecule has 0 aromatic heterocycles. The van der Waals surface area contributed by atoms with Crippen molar-refractivity contribution in [2.45, 2.75) is 50.7 Å². The molecule has 0 radical (unpaired) electrons. The Balaban J connectivity index is 1.86. The van der Waals surface area contributed by atoms with Gasteiger partial charge in [0, 0.05) is 30.1 Å². The number of hydrogen-bond donors (Lipinski definition) is 1. The van der Waals surface area contributed by atoms with E-state index in [2.05, 4.69) is 5.32 Å². The van der Waals surface area contributed by atoms with Crippen molar-refractivity contribution in [3.63, 3.8) is 0 Å². The van der Waals surface area contributed by atoms with Gasteiger partial charge in [0.25, 0.3) is 10.0 Å². The van der Waals surface area contributed by atoms with E-state index in [1.165, 1.54) is 37.3 Å². The van der Waals surface area contributed by atoms with Crippen LogP contribution in [0.1, 0.15) is 30.5 Å². The summed E-state index contributed by atoms with van der Waals surface area (Å²) in [6.07, 6.45) is 0.200. The van der Waals surface area contributed by atoms with Crippen LogP contribution in [0.4, 0.5) is 5.69 Å². The highest BCUT2D eigenvalue weighted by Crippen LogP contribution is 2.36. The van der Waals surface area contributed by atoms with Gasteiger partial charge in [0.1, 0.15) is 24.1 Å². The zero-order valence-corrected chi connectivity index (χ0v) is 28.7. The van der Waals surface area contributed by atoms with Crippen LogP contribution in [-0.2, 0) is 32.6 Å². The minimum absolute atomic E-state index is 0.0107. The molecule has 4 rings (SSSR count). The molecular weight excluding hydrogens is 638 g/mol. The van der Waals surface area contributed by atoms with Gasteiger partial charge in [-0.2, -0.15) is 0 Å². The van der Waals surface area contributed by atoms with Gasteiger partial charge in [0.15, 0.2) is 0 Å². The first-order chi connectivity index (χ1) is 22.4. The van der Waals surface area contributed by atoms with Crippen LogP contribution in [0.5, 0.6) is 11.5 Å². The fourth-order valence-corrected chi connectivity index (χ4v) is 6.61. The van der Waals surface area contributed by atoms with Gasteiger partial charge < -0.3 is 19.7 Å². The molecule has 0 saturated heterocycles. The second kappa shape index (κ2) is 15.8. The third kappa shape index (κ3) is 9.05. The lowest BCUT2D eigenvalue weighted by Gasteiger charge is -2.34. The Hall–Kier alpha value is -4.54. The average Bonchev–Trinajstić information content (AvgIpc) is 3.06. The summed E-state index contributed by atoms with van der Waals surface area (Å²) in [6, 6.07) is 26.2. The lowest BCUT2D eigenvalue weighted by atomic mass is 10.0. The molecule has 11 heteroatoms. The molecule has 248 valence electrons. The Labute approximate surface area is 282 Å². The lowest BCUT2D eigenvalue weighted by molar-refractivity contribution is -0.140. The van der Waals surface area contributed by atoms with Gasteiger partial charge >= 0.3 is 0 Å². The van der Waals surface area contributed by atoms with Crippen LogP contribution in [0.3, 0.4) is 0 Å². The highest BCUT2D eigenvalue weighted by Gasteiger charge is 2.36. The second-order valence-electron chi connectivity index (χ2n) is 11.4. The normalized spacial score (nSPS) is 11.9. The van der Waals surface area contributed by atoms with E-state index in [0.29, 0.717) is 16.3 Å². The van der Waals surface area contributed by atoms with E-state index in [1.807, 2.05) is 51.1 Å². The number of nitrogens with zero attached hydrogens (tertiary/aromatic N) is 2. The predicted molar refractivity (Wildman–Crippen MR) is 184 cm³/mol. The van der Waals surface area contributed by atoms with E-state index < -0.39 is 28.5 Å². The molecule has 9 nitrogen and oxygen atoms in total. The molecule has 1 N–H and O–H groups in total. The van der Waals surface area contributed by atoms with Crippen molar-refractivity contribution in [2.75, 3.05) is 25.1 Å². The second-order valence-corrected chi connectivity index (χ2v) is 13.7. The molecule has 2 amide bonds. The molecule has 0 aliphatic rings. The third-order valence-corrected chi connectivity index (χ3v) is 9.54. The Morgan fingerprint density at radius 2 is 1.51 bits per heavy atom. The summed E-state index contributed by atoms with van der Waals surface area (Å²) in [5.74, 6) is -0.371. The van der Waals surface area contributed by atoms with E-state index in [-0.39, 0.29) is 41.2 Å². The minimum atomic E-state index is -4.33. The summed E-state index contributed by atoms with van der Waals surface area (Å²) >= 11 is 6.16. The van der Waals surface area contributed by atoms with Crippen molar-refractivity contribution in [2.24, 2.45) is 0 Å². The maximum Gasteiger partial charge on any atom is 0.264 e. The van der Waals surface area contributed by atoms with Gasteiger partial charge in [-0.1, -0.05) is 71.8 Å². The quantitative estimate of drug-likeness (QED) is 0.175. The molecule has 1 atom stereocenters. The molecule has 4 aromatic rings. The number of amides is 2. The van der Waals surface area contributed by atoms with Crippen LogP contribution in [0.2, 0.25) is 5.02 Å². The molecule has 4 aromatic carbocycles. The number of nitrogens with one attached hydrogen (secondary N) is 1. The molecule has 0 bridgehead atoms. The number of ether oxygens (including phenoxy) is 2. The SMILES string of the molecule is COc1ccc(OC)c(N(CC(=O)N(Cc2ccc(Cl)cc2)C(Cc2ccccc2)C(=O)NC(C)C)S(=O)(=O)c2ccc(C)cc2)c1. The summed E-state index contributed by atoms with van der Waals surface area (Å²) in [4.78, 5) is 29.9. The molecule has 0 saturated carbocycles. The lowest BCUT2D eigenvalue weighted by Crippen LogP contribution is -2.54. The van der Waals surface area contributed by atoms with Crippen molar-refractivity contribution in [1.29, 1.82) is 0 Å². The van der Waals surface area contributed by atoms with Crippen LogP contribution in [0.25, 0.3) is 0 Å². The number of aryl methyl sites for hydroxylation is 1. The van der Waals surface area contributed by atoms with Gasteiger partial charge in [-0.25, -0.2) is 8.42 Å². The van der Waals surface area contributed by atoms with Gasteiger partial charge in [-0.3, -0.25) is 13.9 Å². The number of methoxy groups -OCH3 is 2. The van der Waals surface area contributed by atoms with Crippen LogP contribution < -0.4 is 19.1 Å². The Morgan fingerprint density at radius 1 is 0.851 bits per heavy atom. The number of carbonyl (C=O) groups excluding carboxylic acids is 2. The Morgan fingerprint density at radius 3 is 2.11 bits per heavy atom. The Bertz CT molecular complexity index is 1770. The smallest absolute Gasteiger partial charge is 0.264 e. The molecule has 1 unspecified atom stereocenters.